The van der Waals surface area contributed by atoms with Crippen molar-refractivity contribution in [3.05, 3.63) is 71.8 Å². The maximum absolute atomic E-state index is 12.4. The number of nitrogens with one attached hydrogen (secondary N) is 1. The van der Waals surface area contributed by atoms with Crippen LogP contribution in [0.2, 0.25) is 0 Å². The standard InChI is InChI=1S/C21H23NO4/c23-19(14-15-20(24)25)18(13-7-10-16-8-3-1-4-9-16)22-21(26)17-11-5-2-6-12-17/h1-6,8-9,11-12,18H,7,10,13-15H2,(H,22,26)(H,24,25)/t18-/m1/s1. The Morgan fingerprint density at radius 1 is 0.885 bits per heavy atom. The Bertz CT molecular complexity index is 728. The molecule has 5 nitrogen and oxygen atoms in total. The average Bonchev–Trinajstić information content (AvgIpc) is 2.66. The molecule has 26 heavy (non-hydrogen) atoms. The molecule has 0 spiro atoms. The number of benzene rings is 2. The Kier molecular flexibility index (Phi) is 7.55. The Morgan fingerprint density at radius 3 is 2.12 bits per heavy atom. The van der Waals surface area contributed by atoms with Gasteiger partial charge in [0.25, 0.3) is 5.91 Å². The molecule has 0 saturated heterocycles. The quantitative estimate of drug-likeness (QED) is 0.687. The fourth-order valence-corrected chi connectivity index (χ4v) is 2.70. The molecule has 0 bridgehead atoms. The first-order chi connectivity index (χ1) is 12.6. The summed E-state index contributed by atoms with van der Waals surface area (Å²) in [7, 11) is 0. The van der Waals surface area contributed by atoms with Crippen molar-refractivity contribution in [1.82, 2.24) is 5.32 Å². The molecule has 2 N–H and O–H groups in total. The lowest BCUT2D eigenvalue weighted by Gasteiger charge is -2.17. The highest BCUT2D eigenvalue weighted by Crippen LogP contribution is 2.10. The van der Waals surface area contributed by atoms with Crippen molar-refractivity contribution in [2.24, 2.45) is 0 Å². The summed E-state index contributed by atoms with van der Waals surface area (Å²) in [4.78, 5) is 35.5. The molecule has 0 heterocycles. The van der Waals surface area contributed by atoms with Crippen molar-refractivity contribution in [3.8, 4) is 0 Å². The van der Waals surface area contributed by atoms with Crippen LogP contribution in [0.25, 0.3) is 0 Å². The number of carbonyl (C=O) groups is 3. The summed E-state index contributed by atoms with van der Waals surface area (Å²) in [6.07, 6.45) is 1.69. The molecule has 0 aliphatic heterocycles. The van der Waals surface area contributed by atoms with Gasteiger partial charge >= 0.3 is 5.97 Å². The Labute approximate surface area is 153 Å². The number of carbonyl (C=O) groups excluding carboxylic acids is 2. The summed E-state index contributed by atoms with van der Waals surface area (Å²) < 4.78 is 0. The van der Waals surface area contributed by atoms with Gasteiger partial charge in [-0.3, -0.25) is 14.4 Å². The first-order valence-electron chi connectivity index (χ1n) is 8.70. The van der Waals surface area contributed by atoms with Crippen LogP contribution in [0.1, 0.15) is 41.6 Å². The summed E-state index contributed by atoms with van der Waals surface area (Å²) in [5.41, 5.74) is 1.64. The number of rotatable bonds is 10. The zero-order chi connectivity index (χ0) is 18.8. The largest absolute Gasteiger partial charge is 0.481 e. The van der Waals surface area contributed by atoms with Crippen LogP contribution in [-0.4, -0.2) is 28.8 Å². The number of carboxylic acid groups (broad SMARTS) is 1. The molecule has 0 aliphatic carbocycles. The van der Waals surface area contributed by atoms with Crippen molar-refractivity contribution in [3.63, 3.8) is 0 Å². The van der Waals surface area contributed by atoms with Crippen LogP contribution in [0.3, 0.4) is 0 Å². The predicted molar refractivity (Wildman–Crippen MR) is 99.0 cm³/mol. The summed E-state index contributed by atoms with van der Waals surface area (Å²) in [6.45, 7) is 0. The minimum Gasteiger partial charge on any atom is -0.481 e. The van der Waals surface area contributed by atoms with E-state index in [0.717, 1.165) is 12.8 Å². The van der Waals surface area contributed by atoms with Crippen molar-refractivity contribution in [2.45, 2.75) is 38.1 Å². The fraction of sp³-hybridized carbons (Fsp3) is 0.286. The SMILES string of the molecule is O=C(O)CCC(=O)[C@@H](CCCc1ccccc1)NC(=O)c1ccccc1. The van der Waals surface area contributed by atoms with Gasteiger partial charge in [0.1, 0.15) is 0 Å². The highest BCUT2D eigenvalue weighted by molar-refractivity contribution is 5.98. The highest BCUT2D eigenvalue weighted by Gasteiger charge is 2.21. The molecule has 0 radical (unpaired) electrons. The van der Waals surface area contributed by atoms with Gasteiger partial charge in [0.2, 0.25) is 0 Å². The number of aliphatic carboxylic acids is 1. The topological polar surface area (TPSA) is 83.5 Å². The second-order valence-corrected chi connectivity index (χ2v) is 6.13. The summed E-state index contributed by atoms with van der Waals surface area (Å²) in [6, 6.07) is 17.9. The van der Waals surface area contributed by atoms with E-state index in [4.69, 9.17) is 5.11 Å². The monoisotopic (exact) mass is 353 g/mol. The van der Waals surface area contributed by atoms with Crippen LogP contribution in [0.4, 0.5) is 0 Å². The molecule has 2 aromatic carbocycles. The fourth-order valence-electron chi connectivity index (χ4n) is 2.70. The average molecular weight is 353 g/mol. The van der Waals surface area contributed by atoms with Gasteiger partial charge in [-0.1, -0.05) is 48.5 Å². The summed E-state index contributed by atoms with van der Waals surface area (Å²) in [5.74, 6) is -1.58. The minimum atomic E-state index is -1.02. The summed E-state index contributed by atoms with van der Waals surface area (Å²) in [5, 5.41) is 11.6. The zero-order valence-electron chi connectivity index (χ0n) is 14.6. The van der Waals surface area contributed by atoms with E-state index in [-0.39, 0.29) is 24.5 Å². The van der Waals surface area contributed by atoms with Crippen molar-refractivity contribution >= 4 is 17.7 Å². The molecule has 5 heteroatoms. The summed E-state index contributed by atoms with van der Waals surface area (Å²) >= 11 is 0. The third-order valence-corrected chi connectivity index (χ3v) is 4.12. The molecule has 136 valence electrons. The molecule has 0 aliphatic rings. The molecule has 2 rings (SSSR count). The Balaban J connectivity index is 1.97. The van der Waals surface area contributed by atoms with Gasteiger partial charge in [0.15, 0.2) is 5.78 Å². The van der Waals surface area contributed by atoms with E-state index in [9.17, 15) is 14.4 Å². The highest BCUT2D eigenvalue weighted by atomic mass is 16.4. The van der Waals surface area contributed by atoms with Gasteiger partial charge in [-0.15, -0.1) is 0 Å². The molecule has 0 saturated carbocycles. The number of hydrogen-bond acceptors (Lipinski definition) is 3. The van der Waals surface area contributed by atoms with Gasteiger partial charge in [-0.2, -0.15) is 0 Å². The van der Waals surface area contributed by atoms with Crippen molar-refractivity contribution < 1.29 is 19.5 Å². The van der Waals surface area contributed by atoms with Gasteiger partial charge in [-0.25, -0.2) is 0 Å². The second-order valence-electron chi connectivity index (χ2n) is 6.13. The number of Topliss-reactive ketones (excluding diaryl/α,β-unsaturated/α-hetero) is 1. The lowest BCUT2D eigenvalue weighted by Crippen LogP contribution is -2.41. The molecular weight excluding hydrogens is 330 g/mol. The molecule has 0 unspecified atom stereocenters. The van der Waals surface area contributed by atoms with E-state index in [1.165, 1.54) is 5.56 Å². The first kappa shape index (κ1) is 19.4. The first-order valence-corrected chi connectivity index (χ1v) is 8.70. The molecule has 1 atom stereocenters. The van der Waals surface area contributed by atoms with Gasteiger partial charge in [-0.05, 0) is 37.0 Å². The van der Waals surface area contributed by atoms with Crippen LogP contribution in [0.5, 0.6) is 0 Å². The van der Waals surface area contributed by atoms with E-state index in [1.807, 2.05) is 36.4 Å². The Morgan fingerprint density at radius 2 is 1.50 bits per heavy atom. The normalized spacial score (nSPS) is 11.5. The van der Waals surface area contributed by atoms with Crippen LogP contribution in [0, 0.1) is 0 Å². The third kappa shape index (κ3) is 6.51. The maximum Gasteiger partial charge on any atom is 0.303 e. The smallest absolute Gasteiger partial charge is 0.303 e. The van der Waals surface area contributed by atoms with Gasteiger partial charge in [0.05, 0.1) is 12.5 Å². The lowest BCUT2D eigenvalue weighted by molar-refractivity contribution is -0.138. The van der Waals surface area contributed by atoms with Crippen LogP contribution in [-0.2, 0) is 16.0 Å². The number of hydrogen-bond donors (Lipinski definition) is 2. The van der Waals surface area contributed by atoms with Crippen LogP contribution >= 0.6 is 0 Å². The van der Waals surface area contributed by atoms with Gasteiger partial charge < -0.3 is 10.4 Å². The number of aryl methyl sites for hydroxylation is 1. The number of amides is 1. The molecule has 2 aromatic rings. The van der Waals surface area contributed by atoms with Crippen LogP contribution in [0.15, 0.2) is 60.7 Å². The third-order valence-electron chi connectivity index (χ3n) is 4.12. The van der Waals surface area contributed by atoms with E-state index < -0.39 is 12.0 Å². The predicted octanol–water partition coefficient (Wildman–Crippen LogP) is 3.24. The minimum absolute atomic E-state index is 0.0829. The molecule has 0 fully saturated rings. The van der Waals surface area contributed by atoms with E-state index in [2.05, 4.69) is 5.32 Å². The maximum atomic E-state index is 12.4. The lowest BCUT2D eigenvalue weighted by atomic mass is 9.99. The molecule has 1 amide bonds. The Hall–Kier alpha value is -2.95. The van der Waals surface area contributed by atoms with Crippen molar-refractivity contribution in [1.29, 1.82) is 0 Å². The van der Waals surface area contributed by atoms with E-state index in [1.54, 1.807) is 24.3 Å². The molecular formula is C21H23NO4. The number of ketones is 1. The zero-order valence-corrected chi connectivity index (χ0v) is 14.6. The number of carboxylic acids is 1. The van der Waals surface area contributed by atoms with E-state index >= 15 is 0 Å². The van der Waals surface area contributed by atoms with Crippen LogP contribution < -0.4 is 5.32 Å². The molecule has 0 aromatic heterocycles. The van der Waals surface area contributed by atoms with E-state index in [0.29, 0.717) is 12.0 Å². The van der Waals surface area contributed by atoms with Gasteiger partial charge in [0, 0.05) is 12.0 Å². The van der Waals surface area contributed by atoms with Crippen molar-refractivity contribution in [2.75, 3.05) is 0 Å². The second kappa shape index (κ2) is 10.1.